The van der Waals surface area contributed by atoms with Gasteiger partial charge in [-0.15, -0.1) is 0 Å². The summed E-state index contributed by atoms with van der Waals surface area (Å²) < 4.78 is 44.3. The first-order valence-corrected chi connectivity index (χ1v) is 7.19. The molecule has 1 fully saturated rings. The van der Waals surface area contributed by atoms with Crippen molar-refractivity contribution in [3.8, 4) is 0 Å². The highest BCUT2D eigenvalue weighted by molar-refractivity contribution is 5.92. The van der Waals surface area contributed by atoms with Gasteiger partial charge in [0.15, 0.2) is 6.10 Å². The summed E-state index contributed by atoms with van der Waals surface area (Å²) in [7, 11) is 1.62. The number of hydrogen-bond donors (Lipinski definition) is 0. The molecule has 1 aliphatic heterocycles. The molecule has 5 nitrogen and oxygen atoms in total. The van der Waals surface area contributed by atoms with Gasteiger partial charge in [-0.1, -0.05) is 13.8 Å². The molecule has 0 unspecified atom stereocenters. The number of carbonyl (C=O) groups is 1. The molecule has 1 saturated heterocycles. The quantitative estimate of drug-likeness (QED) is 0.856. The molecule has 0 spiro atoms. The smallest absolute Gasteiger partial charge is 0.365 e. The van der Waals surface area contributed by atoms with E-state index in [0.29, 0.717) is 11.6 Å². The van der Waals surface area contributed by atoms with Crippen molar-refractivity contribution < 1.29 is 22.7 Å². The number of amides is 1. The Morgan fingerprint density at radius 3 is 2.77 bits per heavy atom. The van der Waals surface area contributed by atoms with E-state index in [1.54, 1.807) is 13.1 Å². The van der Waals surface area contributed by atoms with Crippen molar-refractivity contribution in [3.05, 3.63) is 17.5 Å². The summed E-state index contributed by atoms with van der Waals surface area (Å²) in [6.07, 6.45) is -5.67. The largest absolute Gasteiger partial charge is 0.416 e. The number of alkyl halides is 3. The van der Waals surface area contributed by atoms with Crippen LogP contribution < -0.4 is 0 Å². The zero-order chi connectivity index (χ0) is 16.5. The number of ether oxygens (including phenoxy) is 1. The van der Waals surface area contributed by atoms with E-state index in [1.165, 1.54) is 9.58 Å². The van der Waals surface area contributed by atoms with Crippen LogP contribution in [0.4, 0.5) is 13.2 Å². The van der Waals surface area contributed by atoms with E-state index in [1.807, 2.05) is 13.8 Å². The summed E-state index contributed by atoms with van der Waals surface area (Å²) in [5.41, 5.74) is 1.07. The van der Waals surface area contributed by atoms with Crippen LogP contribution in [0.25, 0.3) is 0 Å². The minimum atomic E-state index is -4.46. The van der Waals surface area contributed by atoms with Gasteiger partial charge in [0.1, 0.15) is 5.69 Å². The third-order valence-corrected chi connectivity index (χ3v) is 3.49. The van der Waals surface area contributed by atoms with Crippen LogP contribution >= 0.6 is 0 Å². The van der Waals surface area contributed by atoms with Crippen molar-refractivity contribution in [1.29, 1.82) is 0 Å². The van der Waals surface area contributed by atoms with E-state index >= 15 is 0 Å². The minimum absolute atomic E-state index is 0.118. The fraction of sp³-hybridized carbons (Fsp3) is 0.714. The molecule has 1 aliphatic rings. The Morgan fingerprint density at radius 1 is 1.50 bits per heavy atom. The van der Waals surface area contributed by atoms with E-state index in [0.717, 1.165) is 12.1 Å². The van der Waals surface area contributed by atoms with E-state index in [-0.39, 0.29) is 13.2 Å². The normalized spacial score (nSPS) is 19.8. The first-order valence-electron chi connectivity index (χ1n) is 7.19. The second-order valence-electron chi connectivity index (χ2n) is 5.89. The van der Waals surface area contributed by atoms with Crippen LogP contribution in [-0.4, -0.2) is 52.6 Å². The maximum Gasteiger partial charge on any atom is 0.416 e. The molecule has 0 aromatic carbocycles. The van der Waals surface area contributed by atoms with Gasteiger partial charge in [0, 0.05) is 13.6 Å². The number of carbonyl (C=O) groups excluding carboxylic acids is 1. The van der Waals surface area contributed by atoms with Crippen molar-refractivity contribution in [3.63, 3.8) is 0 Å². The van der Waals surface area contributed by atoms with Gasteiger partial charge in [0.25, 0.3) is 5.91 Å². The zero-order valence-corrected chi connectivity index (χ0v) is 12.9. The van der Waals surface area contributed by atoms with Gasteiger partial charge >= 0.3 is 6.18 Å². The van der Waals surface area contributed by atoms with E-state index in [9.17, 15) is 18.0 Å². The average molecular weight is 319 g/mol. The Balaban J connectivity index is 2.12. The van der Waals surface area contributed by atoms with Crippen LogP contribution in [0.1, 0.15) is 30.0 Å². The third-order valence-electron chi connectivity index (χ3n) is 3.49. The second kappa shape index (κ2) is 6.28. The molecule has 2 rings (SSSR count). The summed E-state index contributed by atoms with van der Waals surface area (Å²) >= 11 is 0. The molecule has 1 amide bonds. The number of nitrogens with zero attached hydrogens (tertiary/aromatic N) is 3. The summed E-state index contributed by atoms with van der Waals surface area (Å²) in [5, 5.41) is 4.25. The monoisotopic (exact) mass is 319 g/mol. The lowest BCUT2D eigenvalue weighted by Gasteiger charge is -2.33. The minimum Gasteiger partial charge on any atom is -0.365 e. The predicted molar refractivity (Wildman–Crippen MR) is 73.4 cm³/mol. The predicted octanol–water partition coefficient (Wildman–Crippen LogP) is 2.02. The van der Waals surface area contributed by atoms with Crippen molar-refractivity contribution in [2.45, 2.75) is 32.5 Å². The van der Waals surface area contributed by atoms with Crippen LogP contribution in [0.2, 0.25) is 0 Å². The topological polar surface area (TPSA) is 47.4 Å². The van der Waals surface area contributed by atoms with Gasteiger partial charge in [0.2, 0.25) is 0 Å². The Hall–Kier alpha value is -1.57. The molecule has 0 saturated carbocycles. The fourth-order valence-corrected chi connectivity index (χ4v) is 2.44. The van der Waals surface area contributed by atoms with E-state index in [2.05, 4.69) is 5.10 Å². The van der Waals surface area contributed by atoms with Crippen molar-refractivity contribution in [2.24, 2.45) is 13.0 Å². The molecule has 0 aliphatic carbocycles. The number of aryl methyl sites for hydroxylation is 1. The Bertz CT molecular complexity index is 540. The lowest BCUT2D eigenvalue weighted by molar-refractivity contribution is -0.233. The molecule has 1 aromatic heterocycles. The van der Waals surface area contributed by atoms with Gasteiger partial charge < -0.3 is 9.64 Å². The van der Waals surface area contributed by atoms with Crippen molar-refractivity contribution in [1.82, 2.24) is 14.7 Å². The molecule has 22 heavy (non-hydrogen) atoms. The number of morpholine rings is 1. The van der Waals surface area contributed by atoms with Gasteiger partial charge in [-0.05, 0) is 18.4 Å². The van der Waals surface area contributed by atoms with Crippen LogP contribution in [0, 0.1) is 5.92 Å². The Kier molecular flexibility index (Phi) is 4.79. The molecule has 1 atom stereocenters. The molecule has 1 aromatic rings. The van der Waals surface area contributed by atoms with Gasteiger partial charge in [-0.3, -0.25) is 9.48 Å². The number of aromatic nitrogens is 2. The van der Waals surface area contributed by atoms with Crippen LogP contribution in [0.5, 0.6) is 0 Å². The molecule has 2 heterocycles. The van der Waals surface area contributed by atoms with Crippen molar-refractivity contribution >= 4 is 5.91 Å². The first kappa shape index (κ1) is 16.8. The summed E-state index contributed by atoms with van der Waals surface area (Å²) in [6.45, 7) is 3.62. The Morgan fingerprint density at radius 2 is 2.18 bits per heavy atom. The number of halogens is 3. The van der Waals surface area contributed by atoms with Crippen LogP contribution in [-0.2, 0) is 18.2 Å². The molecule has 8 heteroatoms. The highest BCUT2D eigenvalue weighted by atomic mass is 19.4. The summed E-state index contributed by atoms with van der Waals surface area (Å²) in [5.74, 6) is -0.0570. The van der Waals surface area contributed by atoms with Crippen LogP contribution in [0.3, 0.4) is 0 Å². The van der Waals surface area contributed by atoms with Crippen molar-refractivity contribution in [2.75, 3.05) is 19.7 Å². The lowest BCUT2D eigenvalue weighted by Crippen LogP contribution is -2.51. The molecule has 0 N–H and O–H groups in total. The lowest BCUT2D eigenvalue weighted by atomic mass is 10.1. The van der Waals surface area contributed by atoms with Crippen LogP contribution in [0.15, 0.2) is 6.07 Å². The molecule has 124 valence electrons. The maximum absolute atomic E-state index is 12.7. The third kappa shape index (κ3) is 3.79. The highest BCUT2D eigenvalue weighted by Crippen LogP contribution is 2.26. The molecular weight excluding hydrogens is 299 g/mol. The van der Waals surface area contributed by atoms with Gasteiger partial charge in [-0.25, -0.2) is 0 Å². The van der Waals surface area contributed by atoms with E-state index in [4.69, 9.17) is 4.74 Å². The number of hydrogen-bond acceptors (Lipinski definition) is 3. The SMILES string of the molecule is CC(C)Cc1cc(C(=O)N2CCO[C@H](C(F)(F)F)C2)n(C)n1. The average Bonchev–Trinajstić information content (AvgIpc) is 2.77. The summed E-state index contributed by atoms with van der Waals surface area (Å²) in [4.78, 5) is 13.6. The molecule has 0 radical (unpaired) electrons. The zero-order valence-electron chi connectivity index (χ0n) is 12.9. The molecular formula is C14H20F3N3O2. The maximum atomic E-state index is 12.7. The number of rotatable bonds is 3. The molecule has 0 bridgehead atoms. The summed E-state index contributed by atoms with van der Waals surface area (Å²) in [6, 6.07) is 1.65. The van der Waals surface area contributed by atoms with E-state index < -0.39 is 24.7 Å². The Labute approximate surface area is 127 Å². The first-order chi connectivity index (χ1) is 10.2. The highest BCUT2D eigenvalue weighted by Gasteiger charge is 2.44. The van der Waals surface area contributed by atoms with Gasteiger partial charge in [0.05, 0.1) is 18.8 Å². The second-order valence-corrected chi connectivity index (χ2v) is 5.89. The van der Waals surface area contributed by atoms with Gasteiger partial charge in [-0.2, -0.15) is 18.3 Å². The standard InChI is InChI=1S/C14H20F3N3O2/c1-9(2)6-10-7-11(19(3)18-10)13(21)20-4-5-22-12(8-20)14(15,16)17/h7,9,12H,4-6,8H2,1-3H3/t12-/m0/s1. The fourth-order valence-electron chi connectivity index (χ4n) is 2.44.